The fraction of sp³-hybridized carbons (Fsp3) is 0.471. The van der Waals surface area contributed by atoms with Gasteiger partial charge in [0.2, 0.25) is 0 Å². The molecule has 1 fully saturated rings. The molecule has 0 aliphatic heterocycles. The molecule has 102 valence electrons. The van der Waals surface area contributed by atoms with Crippen molar-refractivity contribution < 1.29 is 17.9 Å². The Kier molecular flexibility index (Phi) is 5.16. The summed E-state index contributed by atoms with van der Waals surface area (Å²) in [6, 6.07) is 10.7. The molecule has 0 saturated heterocycles. The van der Waals surface area contributed by atoms with E-state index in [-0.39, 0.29) is 5.41 Å². The third kappa shape index (κ3) is 4.14. The predicted octanol–water partition coefficient (Wildman–Crippen LogP) is 4.58. The van der Waals surface area contributed by atoms with Crippen LogP contribution >= 0.6 is 0 Å². The Hall–Kier alpha value is -0.682. The van der Waals surface area contributed by atoms with Gasteiger partial charge in [0, 0.05) is 0 Å². The second kappa shape index (κ2) is 6.66. The van der Waals surface area contributed by atoms with Gasteiger partial charge in [-0.15, -0.1) is 0 Å². The quantitative estimate of drug-likeness (QED) is 0.614. The molecular weight excluding hydrogens is 314 g/mol. The molecule has 2 atom stereocenters. The summed E-state index contributed by atoms with van der Waals surface area (Å²) in [5, 5.41) is 0. The Morgan fingerprint density at radius 3 is 2.53 bits per heavy atom. The van der Waals surface area contributed by atoms with Gasteiger partial charge in [0.1, 0.15) is 0 Å². The molecule has 0 bridgehead atoms. The molecule has 1 saturated carbocycles. The molecule has 1 aromatic carbocycles. The zero-order chi connectivity index (χ0) is 13.7. The Labute approximate surface area is 124 Å². The van der Waals surface area contributed by atoms with Crippen LogP contribution in [0.1, 0.15) is 38.7 Å². The number of nitrogens with one attached hydrogen (secondary N) is 1. The van der Waals surface area contributed by atoms with E-state index < -0.39 is 17.9 Å². The van der Waals surface area contributed by atoms with Gasteiger partial charge in [-0.05, 0) is 0 Å². The van der Waals surface area contributed by atoms with Crippen LogP contribution in [0.3, 0.4) is 0 Å². The van der Waals surface area contributed by atoms with Crippen LogP contribution in [0.25, 0.3) is 0 Å². The Balaban J connectivity index is 2.01. The van der Waals surface area contributed by atoms with Crippen molar-refractivity contribution in [2.45, 2.75) is 38.5 Å². The van der Waals surface area contributed by atoms with E-state index in [1.54, 1.807) is 0 Å². The molecule has 1 N–H and O–H groups in total. The van der Waals surface area contributed by atoms with Crippen molar-refractivity contribution in [1.82, 2.24) is 0 Å². The molecule has 1 aromatic rings. The summed E-state index contributed by atoms with van der Waals surface area (Å²) >= 11 is -0.551. The molecular formula is C17H23MoN. The predicted molar refractivity (Wildman–Crippen MR) is 78.2 cm³/mol. The summed E-state index contributed by atoms with van der Waals surface area (Å²) in [5.41, 5.74) is 1.50. The first-order valence-corrected chi connectivity index (χ1v) is 9.18. The fourth-order valence-corrected chi connectivity index (χ4v) is 3.87. The van der Waals surface area contributed by atoms with Gasteiger partial charge in [-0.3, -0.25) is 0 Å². The fourth-order valence-electron chi connectivity index (χ4n) is 2.79. The summed E-state index contributed by atoms with van der Waals surface area (Å²) in [6.45, 7) is 4.57. The Morgan fingerprint density at radius 1 is 1.16 bits per heavy atom. The first-order valence-electron chi connectivity index (χ1n) is 7.02. The van der Waals surface area contributed by atoms with Crippen molar-refractivity contribution >= 4 is 4.40 Å². The van der Waals surface area contributed by atoms with Crippen LogP contribution in [-0.4, -0.2) is 4.40 Å². The molecule has 2 unspecified atom stereocenters. The van der Waals surface area contributed by atoms with E-state index in [9.17, 15) is 0 Å². The normalized spacial score (nSPS) is 23.7. The zero-order valence-corrected chi connectivity index (χ0v) is 13.8. The van der Waals surface area contributed by atoms with E-state index in [4.69, 9.17) is 3.91 Å². The van der Waals surface area contributed by atoms with Crippen LogP contribution < -0.4 is 0 Å². The molecule has 1 nitrogen and oxygen atoms in total. The minimum absolute atomic E-state index is 0.118. The van der Waals surface area contributed by atoms with Crippen molar-refractivity contribution in [3.05, 3.63) is 48.0 Å². The molecule has 2 heteroatoms. The maximum atomic E-state index is 7.40. The standard InChI is InChI=1S/C17H22.Mo.HN/c1-14-9-10-15(13-14)11-12-17(2,3)16-7-5-4-6-8-16;;/h1,4-8,11-12,14-15H,9-10,13H2,2-3H3;;1H/b12-11-;;. The minimum atomic E-state index is -0.551. The van der Waals surface area contributed by atoms with E-state index in [1.807, 2.05) is 0 Å². The molecule has 0 amide bonds. The van der Waals surface area contributed by atoms with Crippen LogP contribution in [0.5, 0.6) is 0 Å². The average molecular weight is 337 g/mol. The van der Waals surface area contributed by atoms with Gasteiger partial charge in [-0.2, -0.15) is 0 Å². The molecule has 1 aliphatic rings. The van der Waals surface area contributed by atoms with Gasteiger partial charge in [0.15, 0.2) is 0 Å². The first-order chi connectivity index (χ1) is 9.12. The van der Waals surface area contributed by atoms with Crippen molar-refractivity contribution in [1.29, 1.82) is 3.91 Å². The Morgan fingerprint density at radius 2 is 1.84 bits per heavy atom. The van der Waals surface area contributed by atoms with Gasteiger partial charge in [-0.1, -0.05) is 0 Å². The molecule has 19 heavy (non-hydrogen) atoms. The second-order valence-corrected chi connectivity index (χ2v) is 7.28. The summed E-state index contributed by atoms with van der Waals surface area (Å²) in [7, 11) is 0. The number of allylic oxidation sites excluding steroid dienone is 2. The van der Waals surface area contributed by atoms with Crippen LogP contribution in [0, 0.1) is 15.7 Å². The molecule has 0 spiro atoms. The van der Waals surface area contributed by atoms with E-state index in [0.29, 0.717) is 0 Å². The number of hydrogen-bond acceptors (Lipinski definition) is 1. The van der Waals surface area contributed by atoms with Crippen LogP contribution in [0.15, 0.2) is 42.5 Å². The van der Waals surface area contributed by atoms with E-state index in [0.717, 1.165) is 11.8 Å². The van der Waals surface area contributed by atoms with Crippen molar-refractivity contribution in [3.63, 3.8) is 0 Å². The molecule has 2 rings (SSSR count). The summed E-state index contributed by atoms with van der Waals surface area (Å²) in [6.07, 6.45) is 8.67. The van der Waals surface area contributed by atoms with E-state index >= 15 is 0 Å². The second-order valence-electron chi connectivity index (χ2n) is 6.03. The third-order valence-corrected chi connectivity index (χ3v) is 5.36. The van der Waals surface area contributed by atoms with Crippen LogP contribution in [0.4, 0.5) is 0 Å². The molecule has 0 radical (unpaired) electrons. The number of benzene rings is 1. The Bertz CT molecular complexity index is 483. The van der Waals surface area contributed by atoms with Crippen LogP contribution in [-0.2, 0) is 23.3 Å². The summed E-state index contributed by atoms with van der Waals surface area (Å²) < 4.78 is 9.70. The third-order valence-electron chi connectivity index (χ3n) is 4.08. The molecule has 0 heterocycles. The first kappa shape index (κ1) is 14.7. The van der Waals surface area contributed by atoms with E-state index in [2.05, 4.69) is 60.7 Å². The van der Waals surface area contributed by atoms with Gasteiger partial charge >= 0.3 is 125 Å². The van der Waals surface area contributed by atoms with Crippen molar-refractivity contribution in [2.24, 2.45) is 11.8 Å². The SMILES string of the molecule is CC(C)(/C=C\C1CCC([CH]=[Mo]=[NH])C1)c1ccccc1. The van der Waals surface area contributed by atoms with Crippen molar-refractivity contribution in [2.75, 3.05) is 0 Å². The average Bonchev–Trinajstić information content (AvgIpc) is 2.86. The van der Waals surface area contributed by atoms with Gasteiger partial charge < -0.3 is 0 Å². The summed E-state index contributed by atoms with van der Waals surface area (Å²) in [4.78, 5) is 0. The zero-order valence-electron chi connectivity index (χ0n) is 11.8. The van der Waals surface area contributed by atoms with Crippen LogP contribution in [0.2, 0.25) is 0 Å². The van der Waals surface area contributed by atoms with E-state index in [1.165, 1.54) is 24.8 Å². The monoisotopic (exact) mass is 339 g/mol. The number of rotatable bonds is 4. The molecule has 1 aliphatic carbocycles. The van der Waals surface area contributed by atoms with Gasteiger partial charge in [-0.25, -0.2) is 0 Å². The van der Waals surface area contributed by atoms with Gasteiger partial charge in [0.05, 0.1) is 0 Å². The summed E-state index contributed by atoms with van der Waals surface area (Å²) in [5.74, 6) is 1.46. The maximum absolute atomic E-state index is 7.40. The van der Waals surface area contributed by atoms with Crippen molar-refractivity contribution in [3.8, 4) is 0 Å². The van der Waals surface area contributed by atoms with Gasteiger partial charge in [0.25, 0.3) is 0 Å². The number of hydrogen-bond donors (Lipinski definition) is 1. The molecule has 0 aromatic heterocycles. The topological polar surface area (TPSA) is 23.9 Å².